The van der Waals surface area contributed by atoms with Crippen LogP contribution >= 0.6 is 0 Å². The van der Waals surface area contributed by atoms with Gasteiger partial charge in [-0.2, -0.15) is 0 Å². The average Bonchev–Trinajstić information content (AvgIpc) is 2.49. The molecular weight excluding hydrogens is 296 g/mol. The van der Waals surface area contributed by atoms with E-state index in [2.05, 4.69) is 12.2 Å². The second-order valence-corrected chi connectivity index (χ2v) is 5.81. The number of aryl methyl sites for hydroxylation is 1. The number of nitrogens with zero attached hydrogens (tertiary/aromatic N) is 1. The standard InChI is InChI=1S/C17H26N2O4/c1-4-5-6-7-8-14(3)18-17(20)12-23-15-9-10-16(19(21)22)13(2)11-15/h9-11,14H,4-8,12H2,1-3H3,(H,18,20)/t14-/m0/s1. The van der Waals surface area contributed by atoms with Crippen LogP contribution in [0.3, 0.4) is 0 Å². The van der Waals surface area contributed by atoms with E-state index in [1.54, 1.807) is 13.0 Å². The lowest BCUT2D eigenvalue weighted by Gasteiger charge is -2.14. The summed E-state index contributed by atoms with van der Waals surface area (Å²) in [6.07, 6.45) is 5.68. The average molecular weight is 322 g/mol. The number of carbonyl (C=O) groups excluding carboxylic acids is 1. The van der Waals surface area contributed by atoms with E-state index < -0.39 is 4.92 Å². The molecule has 0 unspecified atom stereocenters. The molecule has 0 radical (unpaired) electrons. The molecule has 1 N–H and O–H groups in total. The quantitative estimate of drug-likeness (QED) is 0.404. The van der Waals surface area contributed by atoms with Crippen molar-refractivity contribution in [2.45, 2.75) is 58.9 Å². The molecule has 0 heterocycles. The number of ether oxygens (including phenoxy) is 1. The third-order valence-electron chi connectivity index (χ3n) is 3.63. The van der Waals surface area contributed by atoms with E-state index in [9.17, 15) is 14.9 Å². The molecule has 1 aromatic carbocycles. The van der Waals surface area contributed by atoms with Crippen LogP contribution in [0.4, 0.5) is 5.69 Å². The third-order valence-corrected chi connectivity index (χ3v) is 3.63. The van der Waals surface area contributed by atoms with Crippen LogP contribution < -0.4 is 10.1 Å². The Balaban J connectivity index is 2.35. The van der Waals surface area contributed by atoms with Crippen molar-refractivity contribution < 1.29 is 14.5 Å². The number of rotatable bonds is 10. The molecule has 23 heavy (non-hydrogen) atoms. The first-order valence-corrected chi connectivity index (χ1v) is 8.11. The van der Waals surface area contributed by atoms with Crippen molar-refractivity contribution in [3.63, 3.8) is 0 Å². The fourth-order valence-corrected chi connectivity index (χ4v) is 2.34. The first-order valence-electron chi connectivity index (χ1n) is 8.11. The lowest BCUT2D eigenvalue weighted by molar-refractivity contribution is -0.385. The Morgan fingerprint density at radius 1 is 1.35 bits per heavy atom. The molecule has 1 rings (SSSR count). The van der Waals surface area contributed by atoms with Crippen molar-refractivity contribution in [3.8, 4) is 5.75 Å². The molecule has 0 aliphatic carbocycles. The fourth-order valence-electron chi connectivity index (χ4n) is 2.34. The maximum absolute atomic E-state index is 11.8. The Labute approximate surface area is 137 Å². The predicted molar refractivity (Wildman–Crippen MR) is 89.7 cm³/mol. The maximum atomic E-state index is 11.8. The molecule has 0 fully saturated rings. The lowest BCUT2D eigenvalue weighted by Crippen LogP contribution is -2.36. The number of unbranched alkanes of at least 4 members (excludes halogenated alkanes) is 3. The molecule has 1 amide bonds. The van der Waals surface area contributed by atoms with Gasteiger partial charge >= 0.3 is 0 Å². The van der Waals surface area contributed by atoms with Crippen LogP contribution in [0.25, 0.3) is 0 Å². The lowest BCUT2D eigenvalue weighted by atomic mass is 10.1. The zero-order valence-electron chi connectivity index (χ0n) is 14.1. The number of nitro groups is 1. The van der Waals surface area contributed by atoms with Gasteiger partial charge in [0.15, 0.2) is 6.61 Å². The number of amides is 1. The number of nitro benzene ring substituents is 1. The van der Waals surface area contributed by atoms with Gasteiger partial charge in [0.05, 0.1) is 4.92 Å². The Morgan fingerprint density at radius 3 is 2.70 bits per heavy atom. The van der Waals surface area contributed by atoms with E-state index in [1.165, 1.54) is 31.4 Å². The molecule has 0 bridgehead atoms. The van der Waals surface area contributed by atoms with Gasteiger partial charge in [-0.1, -0.05) is 32.6 Å². The second-order valence-electron chi connectivity index (χ2n) is 5.81. The summed E-state index contributed by atoms with van der Waals surface area (Å²) in [5.41, 5.74) is 0.555. The SMILES string of the molecule is CCCCCC[C@H](C)NC(=O)COc1ccc([N+](=O)[O-])c(C)c1. The van der Waals surface area contributed by atoms with Crippen LogP contribution in [0.15, 0.2) is 18.2 Å². The fraction of sp³-hybridized carbons (Fsp3) is 0.588. The predicted octanol–water partition coefficient (Wildman–Crippen LogP) is 3.76. The van der Waals surface area contributed by atoms with Gasteiger partial charge in [0.1, 0.15) is 5.75 Å². The number of carbonyl (C=O) groups is 1. The molecule has 6 nitrogen and oxygen atoms in total. The second kappa shape index (κ2) is 9.82. The van der Waals surface area contributed by atoms with Crippen molar-refractivity contribution in [2.24, 2.45) is 0 Å². The van der Waals surface area contributed by atoms with Gasteiger partial charge in [-0.3, -0.25) is 14.9 Å². The van der Waals surface area contributed by atoms with Crippen LogP contribution in [-0.2, 0) is 4.79 Å². The Hall–Kier alpha value is -2.11. The summed E-state index contributed by atoms with van der Waals surface area (Å²) in [6.45, 7) is 5.71. The van der Waals surface area contributed by atoms with Crippen LogP contribution in [0.2, 0.25) is 0 Å². The Bertz CT molecular complexity index is 531. The summed E-state index contributed by atoms with van der Waals surface area (Å²) in [7, 11) is 0. The Kier molecular flexibility index (Phi) is 8.08. The van der Waals surface area contributed by atoms with Gasteiger partial charge < -0.3 is 10.1 Å². The highest BCUT2D eigenvalue weighted by molar-refractivity contribution is 5.77. The number of nitrogens with one attached hydrogen (secondary N) is 1. The molecule has 0 saturated carbocycles. The highest BCUT2D eigenvalue weighted by atomic mass is 16.6. The topological polar surface area (TPSA) is 81.5 Å². The summed E-state index contributed by atoms with van der Waals surface area (Å²) < 4.78 is 5.39. The maximum Gasteiger partial charge on any atom is 0.272 e. The van der Waals surface area contributed by atoms with Gasteiger partial charge in [-0.05, 0) is 32.4 Å². The highest BCUT2D eigenvalue weighted by Gasteiger charge is 2.12. The molecular formula is C17H26N2O4. The molecule has 0 spiro atoms. The van der Waals surface area contributed by atoms with Crippen LogP contribution in [-0.4, -0.2) is 23.5 Å². The first kappa shape index (κ1) is 18.9. The van der Waals surface area contributed by atoms with Crippen molar-refractivity contribution in [1.29, 1.82) is 0 Å². The van der Waals surface area contributed by atoms with Gasteiger partial charge in [0.25, 0.3) is 11.6 Å². The molecule has 0 saturated heterocycles. The Morgan fingerprint density at radius 2 is 2.09 bits per heavy atom. The summed E-state index contributed by atoms with van der Waals surface area (Å²) >= 11 is 0. The van der Waals surface area contributed by atoms with Gasteiger partial charge in [-0.15, -0.1) is 0 Å². The zero-order chi connectivity index (χ0) is 17.2. The van der Waals surface area contributed by atoms with Crippen molar-refractivity contribution in [3.05, 3.63) is 33.9 Å². The molecule has 1 aromatic rings. The van der Waals surface area contributed by atoms with Gasteiger partial charge in [0.2, 0.25) is 0 Å². The first-order chi connectivity index (χ1) is 10.9. The minimum atomic E-state index is -0.438. The van der Waals surface area contributed by atoms with Gasteiger partial charge in [-0.25, -0.2) is 0 Å². The van der Waals surface area contributed by atoms with Crippen molar-refractivity contribution in [1.82, 2.24) is 5.32 Å². The molecule has 6 heteroatoms. The molecule has 0 aliphatic heterocycles. The zero-order valence-corrected chi connectivity index (χ0v) is 14.1. The van der Waals surface area contributed by atoms with Crippen molar-refractivity contribution in [2.75, 3.05) is 6.61 Å². The molecule has 0 aliphatic rings. The van der Waals surface area contributed by atoms with E-state index in [4.69, 9.17) is 4.74 Å². The summed E-state index contributed by atoms with van der Waals surface area (Å²) in [6, 6.07) is 4.59. The molecule has 1 atom stereocenters. The summed E-state index contributed by atoms with van der Waals surface area (Å²) in [4.78, 5) is 22.1. The normalized spacial score (nSPS) is 11.8. The van der Waals surface area contributed by atoms with Crippen LogP contribution in [0, 0.1) is 17.0 Å². The van der Waals surface area contributed by atoms with E-state index in [1.807, 2.05) is 6.92 Å². The largest absolute Gasteiger partial charge is 0.484 e. The number of hydrogen-bond donors (Lipinski definition) is 1. The number of hydrogen-bond acceptors (Lipinski definition) is 4. The monoisotopic (exact) mass is 322 g/mol. The molecule has 0 aromatic heterocycles. The van der Waals surface area contributed by atoms with Crippen LogP contribution in [0.1, 0.15) is 51.5 Å². The van der Waals surface area contributed by atoms with E-state index in [0.29, 0.717) is 11.3 Å². The minimum Gasteiger partial charge on any atom is -0.484 e. The summed E-state index contributed by atoms with van der Waals surface area (Å²) in [5.74, 6) is 0.280. The van der Waals surface area contributed by atoms with E-state index in [-0.39, 0.29) is 24.2 Å². The van der Waals surface area contributed by atoms with E-state index >= 15 is 0 Å². The summed E-state index contributed by atoms with van der Waals surface area (Å²) in [5, 5.41) is 13.6. The highest BCUT2D eigenvalue weighted by Crippen LogP contribution is 2.22. The van der Waals surface area contributed by atoms with Crippen molar-refractivity contribution >= 4 is 11.6 Å². The number of benzene rings is 1. The minimum absolute atomic E-state index is 0.0440. The van der Waals surface area contributed by atoms with Crippen LogP contribution in [0.5, 0.6) is 5.75 Å². The smallest absolute Gasteiger partial charge is 0.272 e. The van der Waals surface area contributed by atoms with E-state index in [0.717, 1.165) is 12.8 Å². The van der Waals surface area contributed by atoms with Gasteiger partial charge in [0, 0.05) is 17.7 Å². The molecule has 128 valence electrons. The third kappa shape index (κ3) is 7.13.